The topological polar surface area (TPSA) is 78.4 Å². The molecule has 5 nitrogen and oxygen atoms in total. The van der Waals surface area contributed by atoms with E-state index in [0.29, 0.717) is 17.0 Å². The molecule has 0 aliphatic heterocycles. The fraction of sp³-hybridized carbons (Fsp3) is 0.429. The van der Waals surface area contributed by atoms with Crippen LogP contribution >= 0.6 is 11.3 Å². The van der Waals surface area contributed by atoms with Crippen LogP contribution in [-0.4, -0.2) is 23.1 Å². The van der Waals surface area contributed by atoms with E-state index in [4.69, 9.17) is 6.42 Å². The number of hydrogen-bond donors (Lipinski definition) is 3. The van der Waals surface area contributed by atoms with Crippen LogP contribution in [0.25, 0.3) is 0 Å². The van der Waals surface area contributed by atoms with E-state index in [-0.39, 0.29) is 11.6 Å². The van der Waals surface area contributed by atoms with E-state index in [9.17, 15) is 14.7 Å². The van der Waals surface area contributed by atoms with Gasteiger partial charge >= 0.3 is 12.0 Å². The molecule has 0 aliphatic carbocycles. The van der Waals surface area contributed by atoms with Crippen molar-refractivity contribution in [3.8, 4) is 12.3 Å². The van der Waals surface area contributed by atoms with E-state index in [2.05, 4.69) is 16.6 Å². The number of thiophene rings is 1. The van der Waals surface area contributed by atoms with Crippen LogP contribution in [0.2, 0.25) is 0 Å². The van der Waals surface area contributed by atoms with Crippen molar-refractivity contribution in [2.24, 2.45) is 0 Å². The largest absolute Gasteiger partial charge is 0.478 e. The first-order chi connectivity index (χ1) is 9.40. The second-order valence-corrected chi connectivity index (χ2v) is 5.62. The molecule has 0 fully saturated rings. The van der Waals surface area contributed by atoms with Crippen molar-refractivity contribution in [3.05, 3.63) is 16.0 Å². The highest BCUT2D eigenvalue weighted by molar-refractivity contribution is 7.16. The molecule has 0 spiro atoms. The third kappa shape index (κ3) is 3.75. The number of rotatable bonds is 5. The summed E-state index contributed by atoms with van der Waals surface area (Å²) in [4.78, 5) is 23.9. The molecule has 6 heteroatoms. The Bertz CT molecular complexity index is 558. The number of amides is 2. The molecule has 0 saturated heterocycles. The Morgan fingerprint density at radius 3 is 2.60 bits per heavy atom. The third-order valence-corrected chi connectivity index (χ3v) is 4.03. The molecule has 20 heavy (non-hydrogen) atoms. The minimum atomic E-state index is -1.05. The highest BCUT2D eigenvalue weighted by atomic mass is 32.1. The Hall–Kier alpha value is -2.00. The molecular formula is C14H18N2O3S. The number of carboxylic acids is 1. The van der Waals surface area contributed by atoms with Gasteiger partial charge in [-0.05, 0) is 25.8 Å². The molecule has 1 atom stereocenters. The molecule has 1 heterocycles. The molecule has 0 radical (unpaired) electrons. The second-order valence-electron chi connectivity index (χ2n) is 4.40. The highest BCUT2D eigenvalue weighted by Gasteiger charge is 2.20. The van der Waals surface area contributed by atoms with Gasteiger partial charge in [0.15, 0.2) is 0 Å². The summed E-state index contributed by atoms with van der Waals surface area (Å²) < 4.78 is 0. The number of hydrogen-bond acceptors (Lipinski definition) is 3. The average Bonchev–Trinajstić information content (AvgIpc) is 2.63. The molecule has 0 aromatic carbocycles. The quantitative estimate of drug-likeness (QED) is 0.730. The van der Waals surface area contributed by atoms with Gasteiger partial charge in [0.2, 0.25) is 0 Å². The first kappa shape index (κ1) is 16.1. The van der Waals surface area contributed by atoms with Crippen molar-refractivity contribution >= 4 is 28.3 Å². The van der Waals surface area contributed by atoms with E-state index < -0.39 is 12.0 Å². The maximum Gasteiger partial charge on any atom is 0.338 e. The van der Waals surface area contributed by atoms with E-state index >= 15 is 0 Å². The van der Waals surface area contributed by atoms with Gasteiger partial charge in [0.05, 0.1) is 11.6 Å². The lowest BCUT2D eigenvalue weighted by molar-refractivity contribution is 0.0697. The SMILES string of the molecule is C#CC(CCC)NC(=O)Nc1sc(C)c(C)c1C(=O)O. The fourth-order valence-electron chi connectivity index (χ4n) is 1.76. The van der Waals surface area contributed by atoms with Gasteiger partial charge in [-0.1, -0.05) is 19.3 Å². The lowest BCUT2D eigenvalue weighted by Crippen LogP contribution is -2.37. The Labute approximate surface area is 122 Å². The monoisotopic (exact) mass is 294 g/mol. The Morgan fingerprint density at radius 1 is 1.45 bits per heavy atom. The van der Waals surface area contributed by atoms with Crippen molar-refractivity contribution in [2.45, 2.75) is 39.7 Å². The highest BCUT2D eigenvalue weighted by Crippen LogP contribution is 2.32. The number of anilines is 1. The van der Waals surface area contributed by atoms with Crippen LogP contribution in [-0.2, 0) is 0 Å². The summed E-state index contributed by atoms with van der Waals surface area (Å²) in [5.74, 6) is 1.44. The lowest BCUT2D eigenvalue weighted by Gasteiger charge is -2.12. The molecule has 1 aromatic rings. The average molecular weight is 294 g/mol. The standard InChI is InChI=1S/C14H18N2O3S/c1-5-7-10(6-2)15-14(19)16-12-11(13(17)18)8(3)9(4)20-12/h2,10H,5,7H2,1,3-4H3,(H,17,18)(H2,15,16,19). The van der Waals surface area contributed by atoms with Crippen molar-refractivity contribution in [1.82, 2.24) is 5.32 Å². The summed E-state index contributed by atoms with van der Waals surface area (Å²) >= 11 is 1.24. The molecule has 0 aliphatic rings. The zero-order valence-corrected chi connectivity index (χ0v) is 12.6. The summed E-state index contributed by atoms with van der Waals surface area (Å²) in [6.07, 6.45) is 6.86. The number of aromatic carboxylic acids is 1. The van der Waals surface area contributed by atoms with Gasteiger partial charge in [-0.3, -0.25) is 5.32 Å². The third-order valence-electron chi connectivity index (χ3n) is 2.91. The van der Waals surface area contributed by atoms with Crippen molar-refractivity contribution < 1.29 is 14.7 Å². The van der Waals surface area contributed by atoms with Crippen LogP contribution in [0.3, 0.4) is 0 Å². The van der Waals surface area contributed by atoms with Crippen molar-refractivity contribution in [1.29, 1.82) is 0 Å². The molecule has 0 bridgehead atoms. The molecule has 1 unspecified atom stereocenters. The minimum Gasteiger partial charge on any atom is -0.478 e. The number of carbonyl (C=O) groups is 2. The van der Waals surface area contributed by atoms with Crippen molar-refractivity contribution in [3.63, 3.8) is 0 Å². The zero-order valence-electron chi connectivity index (χ0n) is 11.7. The number of carboxylic acid groups (broad SMARTS) is 1. The zero-order chi connectivity index (χ0) is 15.3. The number of nitrogens with one attached hydrogen (secondary N) is 2. The number of aryl methyl sites for hydroxylation is 1. The number of carbonyl (C=O) groups excluding carboxylic acids is 1. The van der Waals surface area contributed by atoms with Crippen LogP contribution in [0.1, 0.15) is 40.6 Å². The van der Waals surface area contributed by atoms with Gasteiger partial charge in [0, 0.05) is 4.88 Å². The smallest absolute Gasteiger partial charge is 0.338 e. The Balaban J connectivity index is 2.84. The Kier molecular flexibility index (Phi) is 5.59. The van der Waals surface area contributed by atoms with Crippen molar-refractivity contribution in [2.75, 3.05) is 5.32 Å². The minimum absolute atomic E-state index is 0.135. The lowest BCUT2D eigenvalue weighted by atomic mass is 10.1. The van der Waals surface area contributed by atoms with Gasteiger partial charge in [0.25, 0.3) is 0 Å². The summed E-state index contributed by atoms with van der Waals surface area (Å²) in [6.45, 7) is 5.51. The van der Waals surface area contributed by atoms with Gasteiger partial charge < -0.3 is 10.4 Å². The summed E-state index contributed by atoms with van der Waals surface area (Å²) in [5, 5.41) is 14.7. The predicted octanol–water partition coefficient (Wildman–Crippen LogP) is 2.99. The van der Waals surface area contributed by atoms with Gasteiger partial charge in [0.1, 0.15) is 5.00 Å². The van der Waals surface area contributed by atoms with Crippen LogP contribution in [0.15, 0.2) is 0 Å². The fourth-order valence-corrected chi connectivity index (χ4v) is 2.80. The second kappa shape index (κ2) is 6.96. The van der Waals surface area contributed by atoms with E-state index in [1.165, 1.54) is 11.3 Å². The molecule has 3 N–H and O–H groups in total. The maximum atomic E-state index is 11.8. The van der Waals surface area contributed by atoms with Gasteiger partial charge in [-0.2, -0.15) is 0 Å². The summed E-state index contributed by atoms with van der Waals surface area (Å²) in [7, 11) is 0. The normalized spacial score (nSPS) is 11.5. The molecule has 1 aromatic heterocycles. The first-order valence-corrected chi connectivity index (χ1v) is 7.09. The molecule has 0 saturated carbocycles. The van der Waals surface area contributed by atoms with Gasteiger partial charge in [-0.25, -0.2) is 9.59 Å². The maximum absolute atomic E-state index is 11.8. The predicted molar refractivity (Wildman–Crippen MR) is 80.4 cm³/mol. The number of urea groups is 1. The molecule has 2 amide bonds. The van der Waals surface area contributed by atoms with Crippen LogP contribution in [0.4, 0.5) is 9.80 Å². The van der Waals surface area contributed by atoms with E-state index in [1.807, 2.05) is 13.8 Å². The van der Waals surface area contributed by atoms with E-state index in [1.54, 1.807) is 6.92 Å². The molecular weight excluding hydrogens is 276 g/mol. The molecule has 1 rings (SSSR count). The first-order valence-electron chi connectivity index (χ1n) is 6.27. The molecule has 108 valence electrons. The summed E-state index contributed by atoms with van der Waals surface area (Å²) in [6, 6.07) is -0.833. The van der Waals surface area contributed by atoms with Crippen LogP contribution in [0.5, 0.6) is 0 Å². The van der Waals surface area contributed by atoms with Crippen LogP contribution in [0, 0.1) is 26.2 Å². The summed E-state index contributed by atoms with van der Waals surface area (Å²) in [5.41, 5.74) is 0.801. The van der Waals surface area contributed by atoms with E-state index in [0.717, 1.165) is 11.3 Å². The van der Waals surface area contributed by atoms with Gasteiger partial charge in [-0.15, -0.1) is 17.8 Å². The van der Waals surface area contributed by atoms with Crippen LogP contribution < -0.4 is 10.6 Å². The number of terminal acetylenes is 1. The Morgan fingerprint density at radius 2 is 2.10 bits per heavy atom.